The second kappa shape index (κ2) is 5.11. The molecule has 0 amide bonds. The van der Waals surface area contributed by atoms with Crippen molar-refractivity contribution in [2.24, 2.45) is 22.7 Å². The number of rotatable bonds is 6. The van der Waals surface area contributed by atoms with Gasteiger partial charge in [0, 0.05) is 24.3 Å². The number of nitrogens with two attached hydrogens (primary N) is 1. The Balaban J connectivity index is 1.72. The zero-order valence-corrected chi connectivity index (χ0v) is 11.1. The van der Waals surface area contributed by atoms with E-state index in [0.717, 1.165) is 17.4 Å². The van der Waals surface area contributed by atoms with Crippen LogP contribution in [-0.4, -0.2) is 24.1 Å². The Morgan fingerprint density at radius 3 is 2.05 bits per heavy atom. The van der Waals surface area contributed by atoms with Crippen LogP contribution in [-0.2, 0) is 0 Å². The number of oxime groups is 1. The first-order valence-electron chi connectivity index (χ1n) is 7.09. The number of benzene rings is 1. The van der Waals surface area contributed by atoms with Gasteiger partial charge in [0.05, 0.1) is 0 Å². The highest BCUT2D eigenvalue weighted by Crippen LogP contribution is 2.35. The molecule has 2 fully saturated rings. The Morgan fingerprint density at radius 2 is 1.63 bits per heavy atom. The molecule has 0 atom stereocenters. The van der Waals surface area contributed by atoms with E-state index < -0.39 is 0 Å². The summed E-state index contributed by atoms with van der Waals surface area (Å²) in [5, 5.41) is 11.7. The van der Waals surface area contributed by atoms with E-state index in [1.807, 2.05) is 12.1 Å². The van der Waals surface area contributed by atoms with Gasteiger partial charge in [-0.2, -0.15) is 0 Å². The van der Waals surface area contributed by atoms with Crippen LogP contribution in [0.1, 0.15) is 31.2 Å². The molecule has 0 aromatic heterocycles. The van der Waals surface area contributed by atoms with Gasteiger partial charge in [-0.1, -0.05) is 5.16 Å². The maximum absolute atomic E-state index is 8.67. The molecule has 4 heteroatoms. The molecule has 0 spiro atoms. The average Bonchev–Trinajstić information content (AvgIpc) is 3.32. The fourth-order valence-electron chi connectivity index (χ4n) is 2.41. The molecule has 2 saturated carbocycles. The third-order valence-electron chi connectivity index (χ3n) is 3.99. The molecule has 19 heavy (non-hydrogen) atoms. The lowest BCUT2D eigenvalue weighted by Gasteiger charge is -2.25. The van der Waals surface area contributed by atoms with Crippen molar-refractivity contribution < 1.29 is 5.21 Å². The number of amidine groups is 1. The molecule has 0 unspecified atom stereocenters. The summed E-state index contributed by atoms with van der Waals surface area (Å²) in [4.78, 5) is 2.51. The maximum atomic E-state index is 8.67. The summed E-state index contributed by atoms with van der Waals surface area (Å²) in [5.74, 6) is 1.95. The predicted octanol–water partition coefficient (Wildman–Crippen LogP) is 2.41. The number of anilines is 1. The van der Waals surface area contributed by atoms with Gasteiger partial charge in [-0.05, 0) is 61.8 Å². The van der Waals surface area contributed by atoms with Crippen molar-refractivity contribution in [3.63, 3.8) is 0 Å². The number of hydrogen-bond acceptors (Lipinski definition) is 3. The fraction of sp³-hybridized carbons (Fsp3) is 0.533. The normalized spacial score (nSPS) is 19.5. The zero-order valence-electron chi connectivity index (χ0n) is 11.1. The van der Waals surface area contributed by atoms with Crippen LogP contribution in [0.25, 0.3) is 0 Å². The molecule has 0 bridgehead atoms. The van der Waals surface area contributed by atoms with Crippen molar-refractivity contribution in [3.05, 3.63) is 29.8 Å². The lowest BCUT2D eigenvalue weighted by atomic mass is 10.1. The van der Waals surface area contributed by atoms with Crippen molar-refractivity contribution in [3.8, 4) is 0 Å². The SMILES string of the molecule is NC(=NO)c1ccc(N(CC2CC2)CC2CC2)cc1. The third-order valence-corrected chi connectivity index (χ3v) is 3.99. The van der Waals surface area contributed by atoms with Crippen molar-refractivity contribution in [1.82, 2.24) is 0 Å². The average molecular weight is 259 g/mol. The van der Waals surface area contributed by atoms with Gasteiger partial charge in [0.1, 0.15) is 0 Å². The van der Waals surface area contributed by atoms with Gasteiger partial charge in [-0.15, -0.1) is 0 Å². The summed E-state index contributed by atoms with van der Waals surface area (Å²) in [7, 11) is 0. The minimum absolute atomic E-state index is 0.169. The van der Waals surface area contributed by atoms with Crippen LogP contribution in [0, 0.1) is 11.8 Å². The Bertz CT molecular complexity index is 447. The van der Waals surface area contributed by atoms with Crippen LogP contribution in [0.4, 0.5) is 5.69 Å². The summed E-state index contributed by atoms with van der Waals surface area (Å²) in [6.07, 6.45) is 5.51. The van der Waals surface area contributed by atoms with Gasteiger partial charge >= 0.3 is 0 Å². The highest BCUT2D eigenvalue weighted by molar-refractivity contribution is 5.97. The van der Waals surface area contributed by atoms with Gasteiger partial charge in [0.15, 0.2) is 5.84 Å². The molecule has 102 valence electrons. The Labute approximate surface area is 113 Å². The van der Waals surface area contributed by atoms with Crippen molar-refractivity contribution >= 4 is 11.5 Å². The van der Waals surface area contributed by atoms with Crippen LogP contribution in [0.5, 0.6) is 0 Å². The maximum Gasteiger partial charge on any atom is 0.170 e. The molecule has 4 nitrogen and oxygen atoms in total. The summed E-state index contributed by atoms with van der Waals surface area (Å²) >= 11 is 0. The highest BCUT2D eigenvalue weighted by Gasteiger charge is 2.29. The van der Waals surface area contributed by atoms with Gasteiger partial charge in [-0.25, -0.2) is 0 Å². The molecule has 2 aliphatic carbocycles. The van der Waals surface area contributed by atoms with Crippen LogP contribution in [0.3, 0.4) is 0 Å². The molecular weight excluding hydrogens is 238 g/mol. The highest BCUT2D eigenvalue weighted by atomic mass is 16.4. The largest absolute Gasteiger partial charge is 0.409 e. The van der Waals surface area contributed by atoms with E-state index in [0.29, 0.717) is 0 Å². The van der Waals surface area contributed by atoms with E-state index in [-0.39, 0.29) is 5.84 Å². The van der Waals surface area contributed by atoms with E-state index >= 15 is 0 Å². The van der Waals surface area contributed by atoms with Gasteiger partial charge < -0.3 is 15.8 Å². The summed E-state index contributed by atoms with van der Waals surface area (Å²) in [6, 6.07) is 8.02. The molecule has 1 aromatic rings. The monoisotopic (exact) mass is 259 g/mol. The molecule has 1 aromatic carbocycles. The second-order valence-corrected chi connectivity index (χ2v) is 5.82. The molecule has 2 aliphatic rings. The molecule has 0 heterocycles. The van der Waals surface area contributed by atoms with Crippen LogP contribution >= 0.6 is 0 Å². The fourth-order valence-corrected chi connectivity index (χ4v) is 2.41. The first-order valence-corrected chi connectivity index (χ1v) is 7.09. The Hall–Kier alpha value is -1.71. The third kappa shape index (κ3) is 3.19. The van der Waals surface area contributed by atoms with Gasteiger partial charge in [0.25, 0.3) is 0 Å². The molecule has 3 N–H and O–H groups in total. The Morgan fingerprint density at radius 1 is 1.11 bits per heavy atom. The lowest BCUT2D eigenvalue weighted by molar-refractivity contribution is 0.318. The first kappa shape index (κ1) is 12.3. The predicted molar refractivity (Wildman–Crippen MR) is 76.6 cm³/mol. The van der Waals surface area contributed by atoms with Crippen LogP contribution < -0.4 is 10.6 Å². The zero-order chi connectivity index (χ0) is 13.2. The van der Waals surface area contributed by atoms with Crippen LogP contribution in [0.2, 0.25) is 0 Å². The Kier molecular flexibility index (Phi) is 3.32. The van der Waals surface area contributed by atoms with Crippen molar-refractivity contribution in [2.45, 2.75) is 25.7 Å². The first-order chi connectivity index (χ1) is 9.26. The molecule has 0 radical (unpaired) electrons. The van der Waals surface area contributed by atoms with Crippen molar-refractivity contribution in [2.75, 3.05) is 18.0 Å². The van der Waals surface area contributed by atoms with Gasteiger partial charge in [0.2, 0.25) is 0 Å². The van der Waals surface area contributed by atoms with E-state index in [1.54, 1.807) is 0 Å². The minimum Gasteiger partial charge on any atom is -0.409 e. The van der Waals surface area contributed by atoms with Gasteiger partial charge in [-0.3, -0.25) is 0 Å². The molecular formula is C15H21N3O. The summed E-state index contributed by atoms with van der Waals surface area (Å²) < 4.78 is 0. The smallest absolute Gasteiger partial charge is 0.170 e. The van der Waals surface area contributed by atoms with E-state index in [4.69, 9.17) is 10.9 Å². The number of hydrogen-bond donors (Lipinski definition) is 2. The topological polar surface area (TPSA) is 61.9 Å². The summed E-state index contributed by atoms with van der Waals surface area (Å²) in [6.45, 7) is 2.36. The summed E-state index contributed by atoms with van der Waals surface area (Å²) in [5.41, 5.74) is 7.61. The minimum atomic E-state index is 0.169. The van der Waals surface area contributed by atoms with Crippen molar-refractivity contribution in [1.29, 1.82) is 0 Å². The van der Waals surface area contributed by atoms with E-state index in [9.17, 15) is 0 Å². The lowest BCUT2D eigenvalue weighted by Crippen LogP contribution is -2.28. The molecule has 0 aliphatic heterocycles. The molecule has 3 rings (SSSR count). The second-order valence-electron chi connectivity index (χ2n) is 5.82. The van der Waals surface area contributed by atoms with E-state index in [1.165, 1.54) is 44.5 Å². The van der Waals surface area contributed by atoms with Crippen LogP contribution in [0.15, 0.2) is 29.4 Å². The molecule has 0 saturated heterocycles. The number of nitrogens with zero attached hydrogens (tertiary/aromatic N) is 2. The standard InChI is InChI=1S/C15H21N3O/c16-15(17-19)13-5-7-14(8-6-13)18(9-11-1-2-11)10-12-3-4-12/h5-8,11-12,19H,1-4,9-10H2,(H2,16,17). The van der Waals surface area contributed by atoms with E-state index in [2.05, 4.69) is 22.2 Å². The quantitative estimate of drug-likeness (QED) is 0.357.